The minimum atomic E-state index is -3.34. The van der Waals surface area contributed by atoms with Crippen molar-refractivity contribution in [3.8, 4) is 0 Å². The van der Waals surface area contributed by atoms with E-state index in [9.17, 15) is 8.42 Å². The second-order valence-corrected chi connectivity index (χ2v) is 6.21. The lowest BCUT2D eigenvalue weighted by Gasteiger charge is -2.07. The Labute approximate surface area is 102 Å². The van der Waals surface area contributed by atoms with Crippen LogP contribution in [0.3, 0.4) is 0 Å². The van der Waals surface area contributed by atoms with Gasteiger partial charge < -0.3 is 5.32 Å². The number of aryl methyl sites for hydroxylation is 1. The summed E-state index contributed by atoms with van der Waals surface area (Å²) in [4.78, 5) is 0.328. The third-order valence-corrected chi connectivity index (χ3v) is 4.24. The van der Waals surface area contributed by atoms with Gasteiger partial charge in [-0.05, 0) is 31.9 Å². The minimum Gasteiger partial charge on any atom is -0.313 e. The summed E-state index contributed by atoms with van der Waals surface area (Å²) >= 11 is 0. The molecular weight excluding hydrogens is 236 g/mol. The van der Waals surface area contributed by atoms with Gasteiger partial charge in [0.15, 0.2) is 0 Å². The first kappa shape index (κ1) is 12.5. The quantitative estimate of drug-likeness (QED) is 0.745. The van der Waals surface area contributed by atoms with Gasteiger partial charge in [0, 0.05) is 19.1 Å². The van der Waals surface area contributed by atoms with Crippen molar-refractivity contribution in [2.45, 2.75) is 30.7 Å². The molecule has 17 heavy (non-hydrogen) atoms. The fourth-order valence-corrected chi connectivity index (χ4v) is 2.58. The molecule has 1 aromatic rings. The Morgan fingerprint density at radius 1 is 1.18 bits per heavy atom. The fourth-order valence-electron chi connectivity index (χ4n) is 1.55. The van der Waals surface area contributed by atoms with Crippen molar-refractivity contribution in [2.24, 2.45) is 0 Å². The third kappa shape index (κ3) is 3.80. The van der Waals surface area contributed by atoms with Gasteiger partial charge in [0.05, 0.1) is 4.90 Å². The van der Waals surface area contributed by atoms with Crippen LogP contribution in [0.2, 0.25) is 0 Å². The summed E-state index contributed by atoms with van der Waals surface area (Å²) in [5.41, 5.74) is 1.05. The predicted molar refractivity (Wildman–Crippen MR) is 67.4 cm³/mol. The smallest absolute Gasteiger partial charge is 0.240 e. The van der Waals surface area contributed by atoms with Crippen molar-refractivity contribution in [3.05, 3.63) is 29.8 Å². The zero-order valence-corrected chi connectivity index (χ0v) is 10.8. The molecule has 2 N–H and O–H groups in total. The molecule has 5 heteroatoms. The highest BCUT2D eigenvalue weighted by molar-refractivity contribution is 7.89. The number of hydrogen-bond donors (Lipinski definition) is 2. The van der Waals surface area contributed by atoms with E-state index in [-0.39, 0.29) is 0 Å². The van der Waals surface area contributed by atoms with E-state index in [4.69, 9.17) is 0 Å². The van der Waals surface area contributed by atoms with E-state index < -0.39 is 10.0 Å². The lowest BCUT2D eigenvalue weighted by atomic mass is 10.2. The van der Waals surface area contributed by atoms with Gasteiger partial charge in [0.1, 0.15) is 0 Å². The van der Waals surface area contributed by atoms with E-state index in [1.807, 2.05) is 6.92 Å². The Balaban J connectivity index is 1.86. The van der Waals surface area contributed by atoms with Crippen molar-refractivity contribution in [1.29, 1.82) is 0 Å². The van der Waals surface area contributed by atoms with Crippen LogP contribution >= 0.6 is 0 Å². The molecule has 1 aliphatic carbocycles. The molecule has 0 spiro atoms. The van der Waals surface area contributed by atoms with E-state index >= 15 is 0 Å². The van der Waals surface area contributed by atoms with E-state index in [2.05, 4.69) is 10.0 Å². The van der Waals surface area contributed by atoms with Crippen molar-refractivity contribution in [1.82, 2.24) is 10.0 Å². The monoisotopic (exact) mass is 254 g/mol. The van der Waals surface area contributed by atoms with E-state index in [0.29, 0.717) is 24.0 Å². The molecule has 1 fully saturated rings. The van der Waals surface area contributed by atoms with Crippen LogP contribution in [0, 0.1) is 6.92 Å². The van der Waals surface area contributed by atoms with Crippen LogP contribution in [0.25, 0.3) is 0 Å². The Bertz CT molecular complexity index is 464. The van der Waals surface area contributed by atoms with Gasteiger partial charge in [-0.1, -0.05) is 17.7 Å². The summed E-state index contributed by atoms with van der Waals surface area (Å²) in [7, 11) is -3.34. The topological polar surface area (TPSA) is 58.2 Å². The molecule has 94 valence electrons. The highest BCUT2D eigenvalue weighted by atomic mass is 32.2. The van der Waals surface area contributed by atoms with E-state index in [1.165, 1.54) is 12.8 Å². The predicted octanol–water partition coefficient (Wildman–Crippen LogP) is 1.03. The Morgan fingerprint density at radius 2 is 1.82 bits per heavy atom. The summed E-state index contributed by atoms with van der Waals surface area (Å²) in [6.07, 6.45) is 2.43. The summed E-state index contributed by atoms with van der Waals surface area (Å²) in [6, 6.07) is 7.48. The van der Waals surface area contributed by atoms with Gasteiger partial charge in [-0.2, -0.15) is 0 Å². The Morgan fingerprint density at radius 3 is 2.41 bits per heavy atom. The molecular formula is C12H18N2O2S. The molecule has 0 aromatic heterocycles. The molecule has 0 saturated heterocycles. The molecule has 0 bridgehead atoms. The van der Waals surface area contributed by atoms with Gasteiger partial charge in [0.2, 0.25) is 10.0 Å². The van der Waals surface area contributed by atoms with Gasteiger partial charge in [-0.25, -0.2) is 13.1 Å². The van der Waals surface area contributed by atoms with Crippen molar-refractivity contribution in [3.63, 3.8) is 0 Å². The van der Waals surface area contributed by atoms with Crippen LogP contribution in [-0.4, -0.2) is 27.5 Å². The molecule has 0 radical (unpaired) electrons. The molecule has 1 aliphatic rings. The van der Waals surface area contributed by atoms with Crippen molar-refractivity contribution < 1.29 is 8.42 Å². The average molecular weight is 254 g/mol. The lowest BCUT2D eigenvalue weighted by molar-refractivity contribution is 0.575. The summed E-state index contributed by atoms with van der Waals surface area (Å²) in [5, 5.41) is 3.26. The summed E-state index contributed by atoms with van der Waals surface area (Å²) in [6.45, 7) is 3.06. The van der Waals surface area contributed by atoms with Crippen LogP contribution in [0.5, 0.6) is 0 Å². The first-order chi connectivity index (χ1) is 8.08. The molecule has 0 aliphatic heterocycles. The van der Waals surface area contributed by atoms with E-state index in [0.717, 1.165) is 5.56 Å². The normalized spacial score (nSPS) is 16.1. The maximum Gasteiger partial charge on any atom is 0.240 e. The molecule has 2 rings (SSSR count). The van der Waals surface area contributed by atoms with Crippen molar-refractivity contribution >= 4 is 10.0 Å². The highest BCUT2D eigenvalue weighted by Gasteiger charge is 2.20. The molecule has 0 amide bonds. The number of nitrogens with one attached hydrogen (secondary N) is 2. The summed E-state index contributed by atoms with van der Waals surface area (Å²) in [5.74, 6) is 0. The number of benzene rings is 1. The SMILES string of the molecule is Cc1ccc(S(=O)(=O)NCCNC2CC2)cc1. The second kappa shape index (κ2) is 5.16. The largest absolute Gasteiger partial charge is 0.313 e. The maximum absolute atomic E-state index is 11.9. The van der Waals surface area contributed by atoms with Crippen LogP contribution < -0.4 is 10.0 Å². The van der Waals surface area contributed by atoms with Gasteiger partial charge in [0.25, 0.3) is 0 Å². The molecule has 4 nitrogen and oxygen atoms in total. The van der Waals surface area contributed by atoms with Crippen LogP contribution in [0.1, 0.15) is 18.4 Å². The average Bonchev–Trinajstić information content (AvgIpc) is 3.09. The number of hydrogen-bond acceptors (Lipinski definition) is 3. The maximum atomic E-state index is 11.9. The lowest BCUT2D eigenvalue weighted by Crippen LogP contribution is -2.32. The van der Waals surface area contributed by atoms with E-state index in [1.54, 1.807) is 24.3 Å². The van der Waals surface area contributed by atoms with Gasteiger partial charge in [-0.15, -0.1) is 0 Å². The Kier molecular flexibility index (Phi) is 3.81. The number of rotatable bonds is 6. The first-order valence-electron chi connectivity index (χ1n) is 5.88. The Hall–Kier alpha value is -0.910. The summed E-state index contributed by atoms with van der Waals surface area (Å²) < 4.78 is 26.3. The van der Waals surface area contributed by atoms with Crippen LogP contribution in [-0.2, 0) is 10.0 Å². The van der Waals surface area contributed by atoms with Gasteiger partial charge >= 0.3 is 0 Å². The zero-order chi connectivity index (χ0) is 12.3. The third-order valence-electron chi connectivity index (χ3n) is 2.76. The standard InChI is InChI=1S/C12H18N2O2S/c1-10-2-6-12(7-3-10)17(15,16)14-9-8-13-11-4-5-11/h2-3,6-7,11,13-14H,4-5,8-9H2,1H3. The van der Waals surface area contributed by atoms with Crippen LogP contribution in [0.4, 0.5) is 0 Å². The van der Waals surface area contributed by atoms with Crippen LogP contribution in [0.15, 0.2) is 29.2 Å². The minimum absolute atomic E-state index is 0.328. The van der Waals surface area contributed by atoms with Crippen molar-refractivity contribution in [2.75, 3.05) is 13.1 Å². The number of sulfonamides is 1. The highest BCUT2D eigenvalue weighted by Crippen LogP contribution is 2.17. The zero-order valence-electron chi connectivity index (χ0n) is 9.94. The second-order valence-electron chi connectivity index (χ2n) is 4.44. The molecule has 0 heterocycles. The molecule has 1 saturated carbocycles. The molecule has 0 atom stereocenters. The van der Waals surface area contributed by atoms with Gasteiger partial charge in [-0.3, -0.25) is 0 Å². The first-order valence-corrected chi connectivity index (χ1v) is 7.36. The fraction of sp³-hybridized carbons (Fsp3) is 0.500. The molecule has 1 aromatic carbocycles. The molecule has 0 unspecified atom stereocenters.